The maximum absolute atomic E-state index is 0. The molecule has 0 heterocycles. The fourth-order valence-corrected chi connectivity index (χ4v) is 0. The van der Waals surface area contributed by atoms with Gasteiger partial charge >= 0.3 is 0 Å². The predicted molar refractivity (Wildman–Crippen MR) is 0 cm³/mol. The summed E-state index contributed by atoms with van der Waals surface area (Å²) >= 11 is 0. The third-order valence-corrected chi connectivity index (χ3v) is 0. The average molecular weight is 326 g/mol. The molecule has 0 N–H and O–H groups in total. The summed E-state index contributed by atoms with van der Waals surface area (Å²) in [6, 6.07) is 0. The Hall–Kier alpha value is 3.82. The van der Waals surface area contributed by atoms with Gasteiger partial charge in [-0.15, -0.1) is 0 Å². The second-order valence-corrected chi connectivity index (χ2v) is 0. The molecular formula is CoY3. The fourth-order valence-electron chi connectivity index (χ4n) is 0. The van der Waals surface area contributed by atoms with Crippen molar-refractivity contribution in [3.05, 3.63) is 0 Å². The van der Waals surface area contributed by atoms with E-state index in [1.165, 1.54) is 0 Å². The van der Waals surface area contributed by atoms with Gasteiger partial charge in [-0.2, -0.15) is 0 Å². The van der Waals surface area contributed by atoms with Crippen LogP contribution in [0.1, 0.15) is 0 Å². The molecule has 0 aliphatic heterocycles. The first-order valence-corrected chi connectivity index (χ1v) is 0. The zero-order valence-electron chi connectivity index (χ0n) is 2.07. The van der Waals surface area contributed by atoms with E-state index in [1.54, 1.807) is 0 Å². The van der Waals surface area contributed by atoms with E-state index in [2.05, 4.69) is 0 Å². The van der Waals surface area contributed by atoms with Crippen molar-refractivity contribution >= 4 is 0 Å². The molecule has 4 heteroatoms. The van der Waals surface area contributed by atoms with Gasteiger partial charge in [0.2, 0.25) is 0 Å². The molecule has 0 nitrogen and oxygen atoms in total. The van der Waals surface area contributed by atoms with Gasteiger partial charge in [-0.05, 0) is 0 Å². The van der Waals surface area contributed by atoms with Crippen LogP contribution in [0.3, 0.4) is 0 Å². The Kier molecular flexibility index (Phi) is 98.7. The van der Waals surface area contributed by atoms with Crippen LogP contribution in [-0.2, 0) is 115 Å². The topological polar surface area (TPSA) is 0 Å². The maximum atomic E-state index is 0. The number of hydrogen-bond donors (Lipinski definition) is 0. The molecule has 0 atom stereocenters. The third kappa shape index (κ3) is 9.26. The second kappa shape index (κ2) is 15.8. The molecule has 0 rings (SSSR count). The van der Waals surface area contributed by atoms with Gasteiger partial charge in [0.25, 0.3) is 0 Å². The van der Waals surface area contributed by atoms with E-state index in [4.69, 9.17) is 0 Å². The Morgan fingerprint density at radius 1 is 0.500 bits per heavy atom. The molecule has 0 saturated carbocycles. The standard InChI is InChI=1S/Co.3Y. The van der Waals surface area contributed by atoms with E-state index in [-0.39, 0.29) is 115 Å². The molecular weight excluding hydrogens is 326 g/mol. The zero-order valence-corrected chi connectivity index (χ0v) is 11.6. The smallest absolute Gasteiger partial charge is 0 e. The molecule has 0 aliphatic rings. The predicted octanol–water partition coefficient (Wildman–Crippen LogP) is -0.0100. The van der Waals surface area contributed by atoms with Crippen LogP contribution in [0, 0.1) is 0 Å². The first kappa shape index (κ1) is 24.9. The molecule has 0 fully saturated rings. The van der Waals surface area contributed by atoms with Crippen molar-refractivity contribution in [1.82, 2.24) is 0 Å². The van der Waals surface area contributed by atoms with Crippen molar-refractivity contribution in [3.8, 4) is 0 Å². The Morgan fingerprint density at radius 3 is 0.500 bits per heavy atom. The van der Waals surface area contributed by atoms with E-state index >= 15 is 0 Å². The number of hydrogen-bond acceptors (Lipinski definition) is 0. The normalized spacial score (nSPS) is 0. The SMILES string of the molecule is [Co].[Y].[Y].[Y]. The summed E-state index contributed by atoms with van der Waals surface area (Å²) in [5.41, 5.74) is 0. The Balaban J connectivity index is 0. The van der Waals surface area contributed by atoms with Crippen LogP contribution in [0.25, 0.3) is 0 Å². The van der Waals surface area contributed by atoms with Gasteiger partial charge in [-0.3, -0.25) is 0 Å². The largest absolute Gasteiger partial charge is 0 e. The Morgan fingerprint density at radius 2 is 0.500 bits per heavy atom. The van der Waals surface area contributed by atoms with E-state index in [0.717, 1.165) is 0 Å². The molecule has 0 saturated heterocycles. The van der Waals surface area contributed by atoms with Crippen LogP contribution < -0.4 is 0 Å². The van der Waals surface area contributed by atoms with Gasteiger partial charge in [-0.25, -0.2) is 0 Å². The minimum absolute atomic E-state index is 0. The van der Waals surface area contributed by atoms with Crippen molar-refractivity contribution < 1.29 is 115 Å². The second-order valence-electron chi connectivity index (χ2n) is 0. The molecule has 0 unspecified atom stereocenters. The Bertz CT molecular complexity index is 3.25. The van der Waals surface area contributed by atoms with Crippen molar-refractivity contribution in [2.75, 3.05) is 0 Å². The molecule has 0 spiro atoms. The fraction of sp³-hybridized carbons (Fsp3) is 0. The van der Waals surface area contributed by atoms with E-state index in [1.807, 2.05) is 0 Å². The van der Waals surface area contributed by atoms with E-state index in [0.29, 0.717) is 0 Å². The van der Waals surface area contributed by atoms with Gasteiger partial charge in [-0.1, -0.05) is 0 Å². The first-order valence-electron chi connectivity index (χ1n) is 0. The molecule has 0 amide bonds. The summed E-state index contributed by atoms with van der Waals surface area (Å²) in [5, 5.41) is 0. The van der Waals surface area contributed by atoms with Crippen LogP contribution in [-0.4, -0.2) is 0 Å². The van der Waals surface area contributed by atoms with E-state index in [9.17, 15) is 0 Å². The van der Waals surface area contributed by atoms with Crippen LogP contribution in [0.5, 0.6) is 0 Å². The van der Waals surface area contributed by atoms with Crippen LogP contribution in [0.15, 0.2) is 0 Å². The minimum Gasteiger partial charge on any atom is 0 e. The van der Waals surface area contributed by atoms with E-state index < -0.39 is 0 Å². The molecule has 0 bridgehead atoms. The van der Waals surface area contributed by atoms with Gasteiger partial charge in [0.15, 0.2) is 0 Å². The van der Waals surface area contributed by atoms with Crippen molar-refractivity contribution in [2.24, 2.45) is 0 Å². The van der Waals surface area contributed by atoms with Crippen molar-refractivity contribution in [2.45, 2.75) is 0 Å². The first-order chi connectivity index (χ1) is 0. The van der Waals surface area contributed by atoms with Gasteiger partial charge in [0, 0.05) is 115 Å². The Labute approximate surface area is 112 Å². The van der Waals surface area contributed by atoms with Crippen LogP contribution in [0.4, 0.5) is 0 Å². The quantitative estimate of drug-likeness (QED) is 0.588. The molecule has 0 aromatic heterocycles. The summed E-state index contributed by atoms with van der Waals surface area (Å²) in [6.07, 6.45) is 0. The summed E-state index contributed by atoms with van der Waals surface area (Å²) in [6.45, 7) is 0. The van der Waals surface area contributed by atoms with Gasteiger partial charge < -0.3 is 0 Å². The zero-order chi connectivity index (χ0) is 0. The van der Waals surface area contributed by atoms with Gasteiger partial charge in [0.1, 0.15) is 0 Å². The number of rotatable bonds is 0. The summed E-state index contributed by atoms with van der Waals surface area (Å²) in [4.78, 5) is 0. The molecule has 18 valence electrons. The molecule has 4 radical (unpaired) electrons. The maximum Gasteiger partial charge on any atom is 0 e. The molecule has 0 aromatic rings. The summed E-state index contributed by atoms with van der Waals surface area (Å²) in [7, 11) is 0. The molecule has 4 heavy (non-hydrogen) atoms. The molecule has 0 aromatic carbocycles. The van der Waals surface area contributed by atoms with Gasteiger partial charge in [0.05, 0.1) is 0 Å². The summed E-state index contributed by atoms with van der Waals surface area (Å²) in [5.74, 6) is 0. The third-order valence-electron chi connectivity index (χ3n) is 0. The van der Waals surface area contributed by atoms with Crippen LogP contribution >= 0.6 is 0 Å². The van der Waals surface area contributed by atoms with Crippen LogP contribution in [0.2, 0.25) is 0 Å². The average Bonchev–Trinajstić information content (AvgIpc) is 0. The monoisotopic (exact) mass is 326 g/mol. The van der Waals surface area contributed by atoms with Crippen molar-refractivity contribution in [3.63, 3.8) is 0 Å². The molecule has 0 aliphatic carbocycles. The summed E-state index contributed by atoms with van der Waals surface area (Å²) < 4.78 is 0. The van der Waals surface area contributed by atoms with Crippen molar-refractivity contribution in [1.29, 1.82) is 0 Å². The minimum atomic E-state index is 0.